The van der Waals surface area contributed by atoms with E-state index in [9.17, 15) is 31.1 Å². The number of alkyl halides is 5. The Kier molecular flexibility index (Phi) is 4.22. The Balaban J connectivity index is 3.35. The molecule has 0 spiro atoms. The highest BCUT2D eigenvalue weighted by atomic mass is 19.4. The molecule has 0 amide bonds. The minimum Gasteiger partial charge on any atom is -0.464 e. The second kappa shape index (κ2) is 5.33. The van der Waals surface area contributed by atoms with Crippen molar-refractivity contribution in [1.29, 1.82) is 0 Å². The van der Waals surface area contributed by atoms with Crippen molar-refractivity contribution in [3.05, 3.63) is 23.1 Å². The van der Waals surface area contributed by atoms with Gasteiger partial charge in [-0.25, -0.2) is 22.9 Å². The lowest BCUT2D eigenvalue weighted by Crippen LogP contribution is -2.20. The number of halogens is 6. The van der Waals surface area contributed by atoms with Crippen molar-refractivity contribution >= 4 is 5.97 Å². The molecule has 0 radical (unpaired) electrons. The number of methoxy groups -OCH3 is 1. The van der Waals surface area contributed by atoms with Crippen LogP contribution in [0, 0.1) is 5.82 Å². The molecule has 0 saturated carbocycles. The maximum absolute atomic E-state index is 13.3. The Morgan fingerprint density at radius 2 is 1.95 bits per heavy atom. The predicted octanol–water partition coefficient (Wildman–Crippen LogP) is 2.84. The predicted molar refractivity (Wildman–Crippen MR) is 47.2 cm³/mol. The highest BCUT2D eigenvalue weighted by Gasteiger charge is 2.34. The molecule has 0 atom stereocenters. The van der Waals surface area contributed by atoms with Crippen molar-refractivity contribution in [3.63, 3.8) is 0 Å². The topological polar surface area (TPSA) is 48.4 Å². The van der Waals surface area contributed by atoms with Gasteiger partial charge in [-0.05, 0) is 0 Å². The van der Waals surface area contributed by atoms with Crippen molar-refractivity contribution in [3.8, 4) is 5.88 Å². The summed E-state index contributed by atoms with van der Waals surface area (Å²) in [4.78, 5) is 14.0. The number of rotatable bonds is 3. The first-order valence-electron chi connectivity index (χ1n) is 4.48. The number of aromatic nitrogens is 1. The molecule has 0 aliphatic rings. The fourth-order valence-corrected chi connectivity index (χ4v) is 1.13. The van der Waals surface area contributed by atoms with Gasteiger partial charge in [0.15, 0.2) is 5.69 Å². The van der Waals surface area contributed by atoms with Crippen LogP contribution in [0.4, 0.5) is 26.3 Å². The van der Waals surface area contributed by atoms with Crippen LogP contribution >= 0.6 is 0 Å². The average molecular weight is 289 g/mol. The Bertz CT molecular complexity index is 488. The highest BCUT2D eigenvalue weighted by Crippen LogP contribution is 2.30. The normalized spacial score (nSPS) is 11.6. The molecular formula is C9H5F6NO3. The summed E-state index contributed by atoms with van der Waals surface area (Å²) in [6.45, 7) is 0. The third-order valence-corrected chi connectivity index (χ3v) is 1.80. The fourth-order valence-electron chi connectivity index (χ4n) is 1.13. The van der Waals surface area contributed by atoms with Crippen LogP contribution in [0.3, 0.4) is 0 Å². The van der Waals surface area contributed by atoms with E-state index in [1.54, 1.807) is 0 Å². The number of pyridine rings is 1. The molecule has 0 bridgehead atoms. The summed E-state index contributed by atoms with van der Waals surface area (Å²) in [5.74, 6) is -4.65. The van der Waals surface area contributed by atoms with Crippen LogP contribution in [-0.4, -0.2) is 24.4 Å². The first-order chi connectivity index (χ1) is 8.65. The molecule has 10 heteroatoms. The van der Waals surface area contributed by atoms with Gasteiger partial charge in [0.1, 0.15) is 5.82 Å². The molecule has 4 nitrogen and oxygen atoms in total. The van der Waals surface area contributed by atoms with E-state index in [1.165, 1.54) is 0 Å². The van der Waals surface area contributed by atoms with Crippen LogP contribution in [-0.2, 0) is 4.74 Å². The van der Waals surface area contributed by atoms with Crippen molar-refractivity contribution in [2.24, 2.45) is 0 Å². The largest absolute Gasteiger partial charge is 0.574 e. The van der Waals surface area contributed by atoms with Crippen LogP contribution in [0.5, 0.6) is 5.88 Å². The summed E-state index contributed by atoms with van der Waals surface area (Å²) in [5.41, 5.74) is -2.74. The first kappa shape index (κ1) is 15.1. The molecule has 1 aromatic rings. The summed E-state index contributed by atoms with van der Waals surface area (Å²) in [6, 6.07) is 0.00141. The summed E-state index contributed by atoms with van der Waals surface area (Å²) in [5, 5.41) is 0. The fraction of sp³-hybridized carbons (Fsp3) is 0.333. The lowest BCUT2D eigenvalue weighted by atomic mass is 10.2. The van der Waals surface area contributed by atoms with Gasteiger partial charge in [-0.15, -0.1) is 13.2 Å². The number of nitrogens with zero attached hydrogens (tertiary/aromatic N) is 1. The monoisotopic (exact) mass is 289 g/mol. The van der Waals surface area contributed by atoms with E-state index in [1.807, 2.05) is 0 Å². The van der Waals surface area contributed by atoms with E-state index in [-0.39, 0.29) is 6.07 Å². The quantitative estimate of drug-likeness (QED) is 0.634. The van der Waals surface area contributed by atoms with Crippen LogP contribution in [0.2, 0.25) is 0 Å². The van der Waals surface area contributed by atoms with Gasteiger partial charge >= 0.3 is 12.3 Å². The zero-order valence-corrected chi connectivity index (χ0v) is 9.09. The van der Waals surface area contributed by atoms with Gasteiger partial charge in [-0.2, -0.15) is 0 Å². The summed E-state index contributed by atoms with van der Waals surface area (Å²) >= 11 is 0. The van der Waals surface area contributed by atoms with Gasteiger partial charge in [0, 0.05) is 6.07 Å². The molecule has 0 fully saturated rings. The number of hydrogen-bond donors (Lipinski definition) is 0. The Labute approximate surface area is 101 Å². The van der Waals surface area contributed by atoms with Crippen molar-refractivity contribution in [2.45, 2.75) is 12.8 Å². The van der Waals surface area contributed by atoms with Gasteiger partial charge in [-0.3, -0.25) is 0 Å². The van der Waals surface area contributed by atoms with Crippen molar-refractivity contribution in [1.82, 2.24) is 4.98 Å². The summed E-state index contributed by atoms with van der Waals surface area (Å²) in [6.07, 6.45) is -8.67. The zero-order chi connectivity index (χ0) is 14.8. The van der Waals surface area contributed by atoms with Crippen LogP contribution in [0.1, 0.15) is 22.5 Å². The molecule has 0 aliphatic heterocycles. The number of ether oxygens (including phenoxy) is 2. The Hall–Kier alpha value is -2.00. The van der Waals surface area contributed by atoms with E-state index in [0.29, 0.717) is 0 Å². The second-order valence-electron chi connectivity index (χ2n) is 3.04. The molecule has 1 rings (SSSR count). The minimum absolute atomic E-state index is 0.00141. The van der Waals surface area contributed by atoms with Gasteiger partial charge in [-0.1, -0.05) is 0 Å². The van der Waals surface area contributed by atoms with Crippen LogP contribution in [0.15, 0.2) is 6.07 Å². The van der Waals surface area contributed by atoms with Crippen LogP contribution < -0.4 is 4.74 Å². The maximum Gasteiger partial charge on any atom is 0.574 e. The molecule has 1 heterocycles. The molecule has 106 valence electrons. The van der Waals surface area contributed by atoms with Gasteiger partial charge in [0.25, 0.3) is 6.43 Å². The van der Waals surface area contributed by atoms with Crippen molar-refractivity contribution in [2.75, 3.05) is 7.11 Å². The SMILES string of the molecule is COC(=O)c1nc(OC(F)(F)F)cc(F)c1C(F)F. The van der Waals surface area contributed by atoms with Crippen LogP contribution in [0.25, 0.3) is 0 Å². The Morgan fingerprint density at radius 3 is 2.37 bits per heavy atom. The van der Waals surface area contributed by atoms with E-state index >= 15 is 0 Å². The van der Waals surface area contributed by atoms with E-state index in [2.05, 4.69) is 14.5 Å². The molecule has 0 aliphatic carbocycles. The number of carbonyl (C=O) groups is 1. The smallest absolute Gasteiger partial charge is 0.464 e. The Morgan fingerprint density at radius 1 is 1.37 bits per heavy atom. The third-order valence-electron chi connectivity index (χ3n) is 1.80. The number of hydrogen-bond acceptors (Lipinski definition) is 4. The molecule has 1 aromatic heterocycles. The molecule has 0 aromatic carbocycles. The van der Waals surface area contributed by atoms with E-state index in [0.717, 1.165) is 7.11 Å². The molecule has 19 heavy (non-hydrogen) atoms. The summed E-state index contributed by atoms with van der Waals surface area (Å²) in [7, 11) is 0.772. The lowest BCUT2D eigenvalue weighted by molar-refractivity contribution is -0.276. The van der Waals surface area contributed by atoms with Gasteiger partial charge in [0.2, 0.25) is 5.88 Å². The lowest BCUT2D eigenvalue weighted by Gasteiger charge is -2.12. The minimum atomic E-state index is -5.21. The molecule has 0 unspecified atom stereocenters. The van der Waals surface area contributed by atoms with E-state index in [4.69, 9.17) is 0 Å². The standard InChI is InChI=1S/C9H5F6NO3/c1-18-8(17)6-5(7(11)12)3(10)2-4(16-6)19-9(13,14)15/h2,7H,1H3. The highest BCUT2D eigenvalue weighted by molar-refractivity contribution is 5.89. The van der Waals surface area contributed by atoms with Gasteiger partial charge < -0.3 is 9.47 Å². The van der Waals surface area contributed by atoms with Crippen molar-refractivity contribution < 1.29 is 40.6 Å². The number of carbonyl (C=O) groups excluding carboxylic acids is 1. The van der Waals surface area contributed by atoms with Gasteiger partial charge in [0.05, 0.1) is 12.7 Å². The summed E-state index contributed by atoms with van der Waals surface area (Å²) < 4.78 is 81.2. The average Bonchev–Trinajstić information content (AvgIpc) is 2.24. The first-order valence-corrected chi connectivity index (χ1v) is 4.48. The number of esters is 1. The van der Waals surface area contributed by atoms with E-state index < -0.39 is 41.7 Å². The molecular weight excluding hydrogens is 284 g/mol. The molecule has 0 saturated heterocycles. The maximum atomic E-state index is 13.3. The second-order valence-corrected chi connectivity index (χ2v) is 3.04. The third kappa shape index (κ3) is 3.73. The zero-order valence-electron chi connectivity index (χ0n) is 9.09. The molecule has 0 N–H and O–H groups in total.